The number of nitrogens with one attached hydrogen (secondary N) is 2. The topological polar surface area (TPSA) is 75.5 Å². The van der Waals surface area contributed by atoms with Crippen molar-refractivity contribution in [2.75, 3.05) is 5.32 Å². The number of hydrogen-bond acceptors (Lipinski definition) is 3. The summed E-state index contributed by atoms with van der Waals surface area (Å²) in [5.41, 5.74) is 6.93. The van der Waals surface area contributed by atoms with Gasteiger partial charge in [0.1, 0.15) is 0 Å². The van der Waals surface area contributed by atoms with Crippen LogP contribution in [0.1, 0.15) is 22.5 Å². The first-order valence-electron chi connectivity index (χ1n) is 9.22. The van der Waals surface area contributed by atoms with Gasteiger partial charge in [0, 0.05) is 33.3 Å². The van der Waals surface area contributed by atoms with Crippen molar-refractivity contribution in [3.63, 3.8) is 0 Å². The van der Waals surface area contributed by atoms with E-state index in [1.54, 1.807) is 37.3 Å². The van der Waals surface area contributed by atoms with Crippen molar-refractivity contribution in [2.45, 2.75) is 20.8 Å². The molecule has 1 aromatic heterocycles. The molecule has 0 saturated heterocycles. The smallest absolute Gasteiger partial charge is 0.318 e. The minimum atomic E-state index is -0.895. The van der Waals surface area contributed by atoms with Crippen molar-refractivity contribution in [3.8, 4) is 5.69 Å². The molecule has 2 N–H and O–H groups in total. The van der Waals surface area contributed by atoms with E-state index in [4.69, 9.17) is 34.8 Å². The highest BCUT2D eigenvalue weighted by molar-refractivity contribution is 6.42. The van der Waals surface area contributed by atoms with E-state index in [0.717, 1.165) is 28.2 Å². The van der Waals surface area contributed by atoms with Gasteiger partial charge in [0.25, 0.3) is 0 Å². The van der Waals surface area contributed by atoms with Gasteiger partial charge in [-0.15, -0.1) is 0 Å². The number of rotatable bonds is 4. The molecule has 0 aliphatic rings. The number of amides is 2. The molecule has 2 aromatic carbocycles. The summed E-state index contributed by atoms with van der Waals surface area (Å²) in [4.78, 5) is 24.2. The van der Waals surface area contributed by atoms with E-state index >= 15 is 0 Å². The van der Waals surface area contributed by atoms with Crippen LogP contribution in [0.4, 0.5) is 5.69 Å². The van der Waals surface area contributed by atoms with Crippen LogP contribution in [-0.2, 0) is 9.59 Å². The second-order valence-electron chi connectivity index (χ2n) is 6.87. The largest absolute Gasteiger partial charge is 0.329 e. The summed E-state index contributed by atoms with van der Waals surface area (Å²) >= 11 is 18.1. The molecule has 0 spiro atoms. The fraction of sp³-hybridized carbons (Fsp3) is 0.136. The Hall–Kier alpha value is -2.80. The molecule has 0 unspecified atom stereocenters. The lowest BCUT2D eigenvalue weighted by Crippen LogP contribution is -2.32. The summed E-state index contributed by atoms with van der Waals surface area (Å²) < 4.78 is 1.99. The van der Waals surface area contributed by atoms with Gasteiger partial charge in [-0.3, -0.25) is 9.59 Å². The minimum Gasteiger partial charge on any atom is -0.318 e. The van der Waals surface area contributed by atoms with Gasteiger partial charge < -0.3 is 9.88 Å². The summed E-state index contributed by atoms with van der Waals surface area (Å²) in [5.74, 6) is -1.74. The molecule has 0 atom stereocenters. The number of carbonyl (C=O) groups excluding carboxylic acids is 2. The molecule has 2 amide bonds. The summed E-state index contributed by atoms with van der Waals surface area (Å²) in [6.45, 7) is 5.64. The highest BCUT2D eigenvalue weighted by atomic mass is 35.5. The van der Waals surface area contributed by atoms with Crippen LogP contribution in [0, 0.1) is 20.8 Å². The monoisotopic (exact) mass is 476 g/mol. The van der Waals surface area contributed by atoms with E-state index in [1.807, 2.05) is 30.5 Å². The van der Waals surface area contributed by atoms with Crippen LogP contribution in [0.3, 0.4) is 0 Å². The van der Waals surface area contributed by atoms with E-state index < -0.39 is 11.8 Å². The van der Waals surface area contributed by atoms with Gasteiger partial charge in [0.15, 0.2) is 0 Å². The highest BCUT2D eigenvalue weighted by Gasteiger charge is 2.15. The molecular weight excluding hydrogens is 459 g/mol. The highest BCUT2D eigenvalue weighted by Crippen LogP contribution is 2.27. The standard InChI is InChI=1S/C22H19Cl3N4O2/c1-12-4-5-16(23)9-20(12)27-21(30)22(31)28-26-11-15-8-13(2)29(14(15)3)17-6-7-18(24)19(25)10-17/h4-11H,1-3H3,(H,27,30)(H,28,31)/b26-11-. The SMILES string of the molecule is Cc1ccc(Cl)cc1NC(=O)C(=O)N/N=C\c1cc(C)n(-c2ccc(Cl)c(Cl)c2)c1C. The van der Waals surface area contributed by atoms with Gasteiger partial charge in [-0.1, -0.05) is 40.9 Å². The molecule has 0 fully saturated rings. The normalized spacial score (nSPS) is 11.0. The van der Waals surface area contributed by atoms with Gasteiger partial charge in [0.2, 0.25) is 0 Å². The summed E-state index contributed by atoms with van der Waals surface area (Å²) in [6, 6.07) is 12.3. The van der Waals surface area contributed by atoms with Crippen molar-refractivity contribution in [1.29, 1.82) is 0 Å². The van der Waals surface area contributed by atoms with E-state index in [2.05, 4.69) is 15.8 Å². The average molecular weight is 478 g/mol. The number of carbonyl (C=O) groups is 2. The predicted octanol–water partition coefficient (Wildman–Crippen LogP) is 5.45. The molecule has 0 aliphatic heterocycles. The zero-order valence-corrected chi connectivity index (χ0v) is 19.2. The fourth-order valence-corrected chi connectivity index (χ4v) is 3.52. The Morgan fingerprint density at radius 2 is 1.68 bits per heavy atom. The van der Waals surface area contributed by atoms with Crippen LogP contribution < -0.4 is 10.7 Å². The van der Waals surface area contributed by atoms with E-state index in [1.165, 1.54) is 6.21 Å². The van der Waals surface area contributed by atoms with Crippen LogP contribution >= 0.6 is 34.8 Å². The molecule has 6 nitrogen and oxygen atoms in total. The van der Waals surface area contributed by atoms with Crippen LogP contribution in [0.5, 0.6) is 0 Å². The summed E-state index contributed by atoms with van der Waals surface area (Å²) in [6.07, 6.45) is 1.48. The van der Waals surface area contributed by atoms with Crippen molar-refractivity contribution < 1.29 is 9.59 Å². The molecule has 3 rings (SSSR count). The number of aromatic nitrogens is 1. The maximum absolute atomic E-state index is 12.1. The first-order valence-corrected chi connectivity index (χ1v) is 10.4. The molecule has 31 heavy (non-hydrogen) atoms. The van der Waals surface area contributed by atoms with Crippen molar-refractivity contribution in [2.24, 2.45) is 5.10 Å². The molecule has 0 bridgehead atoms. The lowest BCUT2D eigenvalue weighted by atomic mass is 10.2. The molecule has 9 heteroatoms. The van der Waals surface area contributed by atoms with Crippen LogP contribution in [0.25, 0.3) is 5.69 Å². The van der Waals surface area contributed by atoms with Gasteiger partial charge in [-0.2, -0.15) is 5.10 Å². The Balaban J connectivity index is 1.71. The van der Waals surface area contributed by atoms with E-state index in [0.29, 0.717) is 20.8 Å². The maximum Gasteiger partial charge on any atom is 0.329 e. The van der Waals surface area contributed by atoms with Crippen molar-refractivity contribution in [3.05, 3.63) is 80.0 Å². The van der Waals surface area contributed by atoms with Crippen molar-refractivity contribution in [1.82, 2.24) is 9.99 Å². The van der Waals surface area contributed by atoms with Crippen LogP contribution in [-0.4, -0.2) is 22.6 Å². The number of benzene rings is 2. The number of anilines is 1. The third kappa shape index (κ3) is 5.28. The summed E-state index contributed by atoms with van der Waals surface area (Å²) in [7, 11) is 0. The third-order valence-corrected chi connectivity index (χ3v) is 5.63. The fourth-order valence-electron chi connectivity index (χ4n) is 3.06. The zero-order chi connectivity index (χ0) is 22.7. The van der Waals surface area contributed by atoms with Gasteiger partial charge in [-0.25, -0.2) is 5.43 Å². The van der Waals surface area contributed by atoms with Gasteiger partial charge in [-0.05, 0) is 62.7 Å². The average Bonchev–Trinajstić information content (AvgIpc) is 3.00. The molecule has 0 saturated carbocycles. The second kappa shape index (κ2) is 9.56. The Kier molecular flexibility index (Phi) is 7.05. The Morgan fingerprint density at radius 3 is 2.39 bits per heavy atom. The van der Waals surface area contributed by atoms with E-state index in [9.17, 15) is 9.59 Å². The number of halogens is 3. The molecule has 160 valence electrons. The van der Waals surface area contributed by atoms with Crippen LogP contribution in [0.2, 0.25) is 15.1 Å². The number of hydrogen-bond donors (Lipinski definition) is 2. The van der Waals surface area contributed by atoms with Gasteiger partial charge >= 0.3 is 11.8 Å². The van der Waals surface area contributed by atoms with Crippen molar-refractivity contribution >= 4 is 58.5 Å². The Morgan fingerprint density at radius 1 is 0.935 bits per heavy atom. The third-order valence-electron chi connectivity index (χ3n) is 4.66. The van der Waals surface area contributed by atoms with Crippen LogP contribution in [0.15, 0.2) is 47.6 Å². The Bertz CT molecular complexity index is 1200. The first-order chi connectivity index (χ1) is 14.7. The molecule has 1 heterocycles. The summed E-state index contributed by atoms with van der Waals surface area (Å²) in [5, 5.41) is 7.82. The quantitative estimate of drug-likeness (QED) is 0.298. The minimum absolute atomic E-state index is 0.454. The maximum atomic E-state index is 12.1. The second-order valence-corrected chi connectivity index (χ2v) is 8.12. The molecule has 0 radical (unpaired) electrons. The predicted molar refractivity (Wildman–Crippen MR) is 126 cm³/mol. The van der Waals surface area contributed by atoms with Gasteiger partial charge in [0.05, 0.1) is 16.3 Å². The number of aryl methyl sites for hydroxylation is 2. The lowest BCUT2D eigenvalue weighted by molar-refractivity contribution is -0.136. The number of hydrazone groups is 1. The Labute approximate surface area is 194 Å². The van der Waals surface area contributed by atoms with E-state index in [-0.39, 0.29) is 0 Å². The molecular formula is C22H19Cl3N4O2. The molecule has 3 aromatic rings. The first kappa shape index (κ1) is 22.9. The number of nitrogens with zero attached hydrogens (tertiary/aromatic N) is 2. The lowest BCUT2D eigenvalue weighted by Gasteiger charge is -2.10. The molecule has 0 aliphatic carbocycles. The zero-order valence-electron chi connectivity index (χ0n) is 17.0.